The lowest BCUT2D eigenvalue weighted by molar-refractivity contribution is 0.332. The Morgan fingerprint density at radius 2 is 2.31 bits per heavy atom. The van der Waals surface area contributed by atoms with Crippen LogP contribution in [0.15, 0.2) is 30.0 Å². The van der Waals surface area contributed by atoms with Gasteiger partial charge in [0, 0.05) is 15.0 Å². The van der Waals surface area contributed by atoms with Crippen molar-refractivity contribution < 1.29 is 9.50 Å². The highest BCUT2D eigenvalue weighted by Gasteiger charge is 2.03. The van der Waals surface area contributed by atoms with Crippen molar-refractivity contribution in [3.05, 3.63) is 39.4 Å². The van der Waals surface area contributed by atoms with Gasteiger partial charge in [0.1, 0.15) is 5.82 Å². The molecule has 0 atom stereocenters. The first kappa shape index (κ1) is 13.1. The van der Waals surface area contributed by atoms with Gasteiger partial charge in [0.15, 0.2) is 0 Å². The Bertz CT molecular complexity index is 432. The first-order valence-electron chi connectivity index (χ1n) is 4.61. The van der Waals surface area contributed by atoms with Gasteiger partial charge in [0.25, 0.3) is 0 Å². The Morgan fingerprint density at radius 3 is 2.81 bits per heavy atom. The van der Waals surface area contributed by atoms with E-state index in [2.05, 4.69) is 5.32 Å². The van der Waals surface area contributed by atoms with Crippen molar-refractivity contribution in [2.75, 3.05) is 11.9 Å². The Labute approximate surface area is 107 Å². The van der Waals surface area contributed by atoms with E-state index >= 15 is 0 Å². The lowest BCUT2D eigenvalue weighted by atomic mass is 10.2. The third-order valence-corrected chi connectivity index (χ3v) is 2.68. The number of anilines is 1. The van der Waals surface area contributed by atoms with Gasteiger partial charge in [0.05, 0.1) is 12.3 Å². The van der Waals surface area contributed by atoms with E-state index in [9.17, 15) is 4.39 Å². The second-order valence-corrected chi connectivity index (χ2v) is 4.42. The van der Waals surface area contributed by atoms with E-state index in [0.29, 0.717) is 17.1 Å². The van der Waals surface area contributed by atoms with Gasteiger partial charge in [-0.1, -0.05) is 0 Å². The van der Waals surface area contributed by atoms with Gasteiger partial charge in [-0.2, -0.15) is 0 Å². The number of rotatable bonds is 4. The Hall–Kier alpha value is -0.950. The first-order chi connectivity index (χ1) is 7.52. The van der Waals surface area contributed by atoms with Gasteiger partial charge in [-0.15, -0.1) is 0 Å². The quantitative estimate of drug-likeness (QED) is 0.586. The van der Waals surface area contributed by atoms with Crippen molar-refractivity contribution in [2.24, 2.45) is 0 Å². The predicted octanol–water partition coefficient (Wildman–Crippen LogP) is 2.76. The average molecular weight is 334 g/mol. The molecule has 0 radical (unpaired) electrons. The molecule has 3 nitrogen and oxygen atoms in total. The normalized spacial score (nSPS) is 11.4. The van der Waals surface area contributed by atoms with Gasteiger partial charge in [-0.05, 0) is 53.8 Å². The molecule has 16 heavy (non-hydrogen) atoms. The maximum absolute atomic E-state index is 12.8. The molecule has 0 heterocycles. The lowest BCUT2D eigenvalue weighted by Crippen LogP contribution is -2.07. The fraction of sp³-hybridized carbons (Fsp3) is 0.182. The molecule has 0 aromatic heterocycles. The van der Waals surface area contributed by atoms with Crippen LogP contribution in [0.5, 0.6) is 0 Å². The minimum atomic E-state index is -0.298. The third-order valence-electron chi connectivity index (χ3n) is 1.79. The molecule has 1 rings (SSSR count). The van der Waals surface area contributed by atoms with Gasteiger partial charge < -0.3 is 15.8 Å². The van der Waals surface area contributed by atoms with E-state index in [0.717, 1.165) is 3.57 Å². The molecule has 1 aromatic carbocycles. The van der Waals surface area contributed by atoms with Crippen LogP contribution in [0, 0.1) is 14.8 Å². The minimum Gasteiger partial charge on any atom is -0.390 e. The summed E-state index contributed by atoms with van der Waals surface area (Å²) in [7, 11) is 0. The van der Waals surface area contributed by atoms with Gasteiger partial charge >= 0.3 is 0 Å². The maximum Gasteiger partial charge on any atom is 0.124 e. The van der Waals surface area contributed by atoms with E-state index in [1.807, 2.05) is 22.6 Å². The first-order valence-corrected chi connectivity index (χ1v) is 5.69. The molecular formula is C11H12FIN2O. The molecule has 0 aliphatic rings. The van der Waals surface area contributed by atoms with Crippen molar-refractivity contribution in [1.29, 1.82) is 5.41 Å². The molecule has 0 aliphatic carbocycles. The fourth-order valence-electron chi connectivity index (χ4n) is 1.15. The highest BCUT2D eigenvalue weighted by Crippen LogP contribution is 2.20. The van der Waals surface area contributed by atoms with Crippen LogP contribution in [0.4, 0.5) is 10.1 Å². The smallest absolute Gasteiger partial charge is 0.124 e. The number of aliphatic hydroxyl groups excluding tert-OH is 1. The molecule has 0 aliphatic heterocycles. The molecule has 1 aromatic rings. The van der Waals surface area contributed by atoms with Crippen LogP contribution in [-0.2, 0) is 0 Å². The van der Waals surface area contributed by atoms with E-state index in [4.69, 9.17) is 10.5 Å². The van der Waals surface area contributed by atoms with E-state index in [1.165, 1.54) is 18.2 Å². The van der Waals surface area contributed by atoms with Crippen LogP contribution in [0.1, 0.15) is 6.92 Å². The van der Waals surface area contributed by atoms with E-state index in [-0.39, 0.29) is 12.4 Å². The summed E-state index contributed by atoms with van der Waals surface area (Å²) in [5.41, 5.74) is 1.56. The summed E-state index contributed by atoms with van der Waals surface area (Å²) in [6, 6.07) is 4.34. The highest BCUT2D eigenvalue weighted by molar-refractivity contribution is 14.1. The molecule has 0 saturated heterocycles. The zero-order chi connectivity index (χ0) is 12.1. The summed E-state index contributed by atoms with van der Waals surface area (Å²) in [6.07, 6.45) is 1.53. The van der Waals surface area contributed by atoms with Gasteiger partial charge in [-0.25, -0.2) is 4.39 Å². The summed E-state index contributed by atoms with van der Waals surface area (Å²) in [4.78, 5) is 0. The zero-order valence-electron chi connectivity index (χ0n) is 8.72. The number of halogens is 2. The molecule has 0 bridgehead atoms. The van der Waals surface area contributed by atoms with Crippen LogP contribution in [0.3, 0.4) is 0 Å². The second-order valence-electron chi connectivity index (χ2n) is 3.26. The second kappa shape index (κ2) is 5.95. The number of hydrogen-bond donors (Lipinski definition) is 3. The number of aliphatic hydroxyl groups is 1. The van der Waals surface area contributed by atoms with Crippen molar-refractivity contribution >= 4 is 34.0 Å². The number of benzene rings is 1. The molecular weight excluding hydrogens is 322 g/mol. The number of allylic oxidation sites excluding steroid dienone is 1. The SMILES string of the molecule is CC(=N)/C=C(/CO)Nc1ccc(F)cc1I. The van der Waals surface area contributed by atoms with Crippen molar-refractivity contribution in [3.8, 4) is 0 Å². The Balaban J connectivity index is 2.90. The summed E-state index contributed by atoms with van der Waals surface area (Å²) in [5, 5.41) is 19.3. The maximum atomic E-state index is 12.8. The molecule has 86 valence electrons. The largest absolute Gasteiger partial charge is 0.390 e. The van der Waals surface area contributed by atoms with Crippen LogP contribution in [0.25, 0.3) is 0 Å². The van der Waals surface area contributed by atoms with Crippen LogP contribution >= 0.6 is 22.6 Å². The van der Waals surface area contributed by atoms with Crippen molar-refractivity contribution in [2.45, 2.75) is 6.92 Å². The summed E-state index contributed by atoms with van der Waals surface area (Å²) in [6.45, 7) is 1.43. The van der Waals surface area contributed by atoms with Crippen LogP contribution in [0.2, 0.25) is 0 Å². The average Bonchev–Trinajstić information content (AvgIpc) is 2.20. The lowest BCUT2D eigenvalue weighted by Gasteiger charge is -2.10. The molecule has 0 amide bonds. The Morgan fingerprint density at radius 1 is 1.62 bits per heavy atom. The van der Waals surface area contributed by atoms with E-state index < -0.39 is 0 Å². The molecule has 0 unspecified atom stereocenters. The predicted molar refractivity (Wildman–Crippen MR) is 71.3 cm³/mol. The number of nitrogens with one attached hydrogen (secondary N) is 2. The number of hydrogen-bond acceptors (Lipinski definition) is 3. The van der Waals surface area contributed by atoms with Gasteiger partial charge in [-0.3, -0.25) is 0 Å². The fourth-order valence-corrected chi connectivity index (χ4v) is 1.76. The van der Waals surface area contributed by atoms with E-state index in [1.54, 1.807) is 13.0 Å². The molecule has 0 fully saturated rings. The zero-order valence-corrected chi connectivity index (χ0v) is 10.9. The molecule has 0 spiro atoms. The highest BCUT2D eigenvalue weighted by atomic mass is 127. The van der Waals surface area contributed by atoms with Crippen molar-refractivity contribution in [3.63, 3.8) is 0 Å². The van der Waals surface area contributed by atoms with Gasteiger partial charge in [0.2, 0.25) is 0 Å². The topological polar surface area (TPSA) is 56.1 Å². The minimum absolute atomic E-state index is 0.191. The van der Waals surface area contributed by atoms with Crippen molar-refractivity contribution in [1.82, 2.24) is 0 Å². The molecule has 5 heteroatoms. The third kappa shape index (κ3) is 3.90. The summed E-state index contributed by atoms with van der Waals surface area (Å²) >= 11 is 2.00. The summed E-state index contributed by atoms with van der Waals surface area (Å²) < 4.78 is 13.6. The van der Waals surface area contributed by atoms with Crippen LogP contribution < -0.4 is 5.32 Å². The molecule has 0 saturated carbocycles. The summed E-state index contributed by atoms with van der Waals surface area (Å²) in [5.74, 6) is -0.298. The Kier molecular flexibility index (Phi) is 4.88. The standard InChI is InChI=1S/C11H12FIN2O/c1-7(14)4-9(6-16)15-11-3-2-8(12)5-10(11)13/h2-5,14-16H,6H2,1H3/b9-4-,14-7?. The molecule has 3 N–H and O–H groups in total. The van der Waals surface area contributed by atoms with Crippen LogP contribution in [-0.4, -0.2) is 17.4 Å². The monoisotopic (exact) mass is 334 g/mol.